The van der Waals surface area contributed by atoms with Gasteiger partial charge in [0.2, 0.25) is 11.7 Å². The van der Waals surface area contributed by atoms with Crippen molar-refractivity contribution >= 4 is 17.2 Å². The van der Waals surface area contributed by atoms with Gasteiger partial charge in [0.15, 0.2) is 0 Å². The summed E-state index contributed by atoms with van der Waals surface area (Å²) < 4.78 is 32.0. The molecule has 2 aromatic heterocycles. The van der Waals surface area contributed by atoms with E-state index in [-0.39, 0.29) is 18.1 Å². The minimum absolute atomic E-state index is 0.0183. The van der Waals surface area contributed by atoms with Crippen LogP contribution < -0.4 is 5.32 Å². The van der Waals surface area contributed by atoms with Crippen LogP contribution in [0.3, 0.4) is 0 Å². The number of nitrogens with zero attached hydrogens (tertiary/aromatic N) is 2. The number of carbonyl (C=O) groups is 1. The first-order chi connectivity index (χ1) is 14.1. The second-order valence-electron chi connectivity index (χ2n) is 6.24. The summed E-state index contributed by atoms with van der Waals surface area (Å²) in [6.45, 7) is 0.316. The Morgan fingerprint density at radius 1 is 1.03 bits per heavy atom. The predicted octanol–water partition coefficient (Wildman–Crippen LogP) is 4.60. The molecule has 0 saturated heterocycles. The van der Waals surface area contributed by atoms with E-state index in [0.29, 0.717) is 29.4 Å². The quantitative estimate of drug-likeness (QED) is 0.503. The van der Waals surface area contributed by atoms with E-state index < -0.39 is 5.82 Å². The van der Waals surface area contributed by atoms with Gasteiger partial charge in [0, 0.05) is 10.4 Å². The Balaban J connectivity index is 1.38. The topological polar surface area (TPSA) is 68.0 Å². The molecule has 0 saturated carbocycles. The van der Waals surface area contributed by atoms with Gasteiger partial charge < -0.3 is 9.84 Å². The smallest absolute Gasteiger partial charge is 0.268 e. The lowest BCUT2D eigenvalue weighted by atomic mass is 10.1. The van der Waals surface area contributed by atoms with E-state index >= 15 is 0 Å². The molecule has 0 radical (unpaired) electrons. The standard InChI is InChI=1S/C21H15F2N3O2S/c22-15-7-5-13(6-8-15)20-25-21(28-26-20)18-10-9-16(29-18)12-24-19(27)11-14-3-1-2-4-17(14)23/h1-10H,11-12H2,(H,24,27). The zero-order valence-electron chi connectivity index (χ0n) is 15.1. The molecule has 8 heteroatoms. The van der Waals surface area contributed by atoms with Gasteiger partial charge in [-0.25, -0.2) is 8.78 Å². The van der Waals surface area contributed by atoms with E-state index in [1.54, 1.807) is 30.3 Å². The van der Waals surface area contributed by atoms with Crippen molar-refractivity contribution in [2.75, 3.05) is 0 Å². The Labute approximate surface area is 169 Å². The highest BCUT2D eigenvalue weighted by Crippen LogP contribution is 2.28. The third-order valence-corrected chi connectivity index (χ3v) is 5.24. The van der Waals surface area contributed by atoms with Crippen LogP contribution in [0, 0.1) is 11.6 Å². The van der Waals surface area contributed by atoms with Crippen LogP contribution in [0.2, 0.25) is 0 Å². The van der Waals surface area contributed by atoms with Crippen molar-refractivity contribution in [2.24, 2.45) is 0 Å². The Morgan fingerprint density at radius 2 is 1.83 bits per heavy atom. The van der Waals surface area contributed by atoms with Gasteiger partial charge in [0.05, 0.1) is 17.8 Å². The van der Waals surface area contributed by atoms with Gasteiger partial charge in [-0.15, -0.1) is 11.3 Å². The molecule has 5 nitrogen and oxygen atoms in total. The van der Waals surface area contributed by atoms with Crippen molar-refractivity contribution < 1.29 is 18.1 Å². The van der Waals surface area contributed by atoms with Crippen LogP contribution in [0.1, 0.15) is 10.4 Å². The highest BCUT2D eigenvalue weighted by Gasteiger charge is 2.14. The van der Waals surface area contributed by atoms with E-state index in [0.717, 1.165) is 9.75 Å². The van der Waals surface area contributed by atoms with Crippen molar-refractivity contribution in [3.63, 3.8) is 0 Å². The van der Waals surface area contributed by atoms with Gasteiger partial charge in [0.1, 0.15) is 11.6 Å². The molecule has 4 aromatic rings. The minimum atomic E-state index is -0.394. The van der Waals surface area contributed by atoms with Crippen molar-refractivity contribution in [3.05, 3.63) is 82.7 Å². The Kier molecular flexibility index (Phi) is 5.44. The maximum Gasteiger partial charge on any atom is 0.268 e. The normalized spacial score (nSPS) is 10.8. The molecule has 1 amide bonds. The number of benzene rings is 2. The summed E-state index contributed by atoms with van der Waals surface area (Å²) in [5.74, 6) is -0.278. The van der Waals surface area contributed by atoms with Crippen molar-refractivity contribution in [2.45, 2.75) is 13.0 Å². The number of rotatable bonds is 6. The maximum absolute atomic E-state index is 13.6. The zero-order valence-corrected chi connectivity index (χ0v) is 15.9. The lowest BCUT2D eigenvalue weighted by Crippen LogP contribution is -2.24. The molecule has 0 aliphatic rings. The van der Waals surface area contributed by atoms with Crippen molar-refractivity contribution in [1.29, 1.82) is 0 Å². The summed E-state index contributed by atoms with van der Waals surface area (Å²) in [6, 6.07) is 15.7. The van der Waals surface area contributed by atoms with E-state index in [9.17, 15) is 13.6 Å². The molecule has 0 atom stereocenters. The summed E-state index contributed by atoms with van der Waals surface area (Å²) in [7, 11) is 0. The summed E-state index contributed by atoms with van der Waals surface area (Å²) in [4.78, 5) is 18.0. The van der Waals surface area contributed by atoms with Gasteiger partial charge in [-0.3, -0.25) is 4.79 Å². The highest BCUT2D eigenvalue weighted by molar-refractivity contribution is 7.15. The third kappa shape index (κ3) is 4.55. The summed E-state index contributed by atoms with van der Waals surface area (Å²) in [5.41, 5.74) is 1.01. The molecule has 2 aromatic carbocycles. The second-order valence-corrected chi connectivity index (χ2v) is 7.41. The number of thiophene rings is 1. The molecule has 0 bridgehead atoms. The predicted molar refractivity (Wildman–Crippen MR) is 105 cm³/mol. The minimum Gasteiger partial charge on any atom is -0.351 e. The number of hydrogen-bond acceptors (Lipinski definition) is 5. The van der Waals surface area contributed by atoms with E-state index in [1.165, 1.54) is 29.5 Å². The van der Waals surface area contributed by atoms with Crippen LogP contribution in [-0.4, -0.2) is 16.0 Å². The van der Waals surface area contributed by atoms with Gasteiger partial charge >= 0.3 is 0 Å². The summed E-state index contributed by atoms with van der Waals surface area (Å²) in [5, 5.41) is 6.70. The molecule has 146 valence electrons. The zero-order chi connectivity index (χ0) is 20.2. The Morgan fingerprint density at radius 3 is 2.62 bits per heavy atom. The first kappa shape index (κ1) is 18.9. The van der Waals surface area contributed by atoms with Crippen LogP contribution in [-0.2, 0) is 17.8 Å². The molecule has 0 aliphatic heterocycles. The first-order valence-corrected chi connectivity index (χ1v) is 9.59. The molecule has 0 unspecified atom stereocenters. The van der Waals surface area contributed by atoms with Crippen LogP contribution in [0.15, 0.2) is 65.2 Å². The van der Waals surface area contributed by atoms with Crippen LogP contribution in [0.4, 0.5) is 8.78 Å². The molecular formula is C21H15F2N3O2S. The molecule has 0 spiro atoms. The number of hydrogen-bond donors (Lipinski definition) is 1. The molecule has 2 heterocycles. The summed E-state index contributed by atoms with van der Waals surface area (Å²) >= 11 is 1.40. The molecule has 0 aliphatic carbocycles. The van der Waals surface area contributed by atoms with E-state index in [4.69, 9.17) is 4.52 Å². The van der Waals surface area contributed by atoms with E-state index in [2.05, 4.69) is 15.5 Å². The Hall–Kier alpha value is -3.39. The van der Waals surface area contributed by atoms with Crippen LogP contribution in [0.25, 0.3) is 22.2 Å². The van der Waals surface area contributed by atoms with Gasteiger partial charge in [0.25, 0.3) is 5.89 Å². The fourth-order valence-corrected chi connectivity index (χ4v) is 3.56. The largest absolute Gasteiger partial charge is 0.351 e. The first-order valence-electron chi connectivity index (χ1n) is 8.77. The summed E-state index contributed by atoms with van der Waals surface area (Å²) in [6.07, 6.45) is -0.0183. The van der Waals surface area contributed by atoms with E-state index in [1.807, 2.05) is 12.1 Å². The fourth-order valence-electron chi connectivity index (χ4n) is 2.69. The van der Waals surface area contributed by atoms with Gasteiger partial charge in [-0.1, -0.05) is 23.4 Å². The number of nitrogens with one attached hydrogen (secondary N) is 1. The number of carbonyl (C=O) groups excluding carboxylic acids is 1. The van der Waals surface area contributed by atoms with Crippen LogP contribution >= 0.6 is 11.3 Å². The SMILES string of the molecule is O=C(Cc1ccccc1F)NCc1ccc(-c2nc(-c3ccc(F)cc3)no2)s1. The monoisotopic (exact) mass is 411 g/mol. The molecule has 4 rings (SSSR count). The third-order valence-electron chi connectivity index (χ3n) is 4.17. The second kappa shape index (κ2) is 8.32. The molecule has 0 fully saturated rings. The number of halogens is 2. The molecule has 1 N–H and O–H groups in total. The van der Waals surface area contributed by atoms with Crippen molar-refractivity contribution in [1.82, 2.24) is 15.5 Å². The Bertz CT molecular complexity index is 1140. The lowest BCUT2D eigenvalue weighted by Gasteiger charge is -2.04. The number of aromatic nitrogens is 2. The van der Waals surface area contributed by atoms with Gasteiger partial charge in [-0.05, 0) is 48.0 Å². The average Bonchev–Trinajstić information content (AvgIpc) is 3.38. The highest BCUT2D eigenvalue weighted by atomic mass is 32.1. The average molecular weight is 411 g/mol. The fraction of sp³-hybridized carbons (Fsp3) is 0.0952. The van der Waals surface area contributed by atoms with Gasteiger partial charge in [-0.2, -0.15) is 4.98 Å². The molecule has 29 heavy (non-hydrogen) atoms. The van der Waals surface area contributed by atoms with Crippen molar-refractivity contribution in [3.8, 4) is 22.2 Å². The number of amides is 1. The molecular weight excluding hydrogens is 396 g/mol. The lowest BCUT2D eigenvalue weighted by molar-refractivity contribution is -0.120. The van der Waals surface area contributed by atoms with Crippen LogP contribution in [0.5, 0.6) is 0 Å². The maximum atomic E-state index is 13.6.